The molecule has 16 heavy (non-hydrogen) atoms. The van der Waals surface area contributed by atoms with Crippen LogP contribution >= 0.6 is 0 Å². The van der Waals surface area contributed by atoms with Gasteiger partial charge in [-0.05, 0) is 35.9 Å². The molecule has 1 heterocycles. The van der Waals surface area contributed by atoms with Crippen molar-refractivity contribution in [2.24, 2.45) is 0 Å². The fourth-order valence-electron chi connectivity index (χ4n) is 1.25. The van der Waals surface area contributed by atoms with Crippen molar-refractivity contribution in [1.82, 2.24) is 20.6 Å². The minimum atomic E-state index is -0.350. The normalized spacial score (nSPS) is 12.4. The van der Waals surface area contributed by atoms with Crippen LogP contribution in [0.25, 0.3) is 0 Å². The third-order valence-corrected chi connectivity index (χ3v) is 2.20. The molecule has 0 aliphatic rings. The number of hydrogen-bond acceptors (Lipinski definition) is 4. The van der Waals surface area contributed by atoms with Gasteiger partial charge in [0.2, 0.25) is 0 Å². The molecular weight excluding hydrogens is 211 g/mol. The van der Waals surface area contributed by atoms with Gasteiger partial charge >= 0.3 is 0 Å². The number of aryl methyl sites for hydroxylation is 1. The number of H-pyrrole nitrogens is 1. The van der Waals surface area contributed by atoms with Gasteiger partial charge in [0.25, 0.3) is 0 Å². The second kappa shape index (κ2) is 4.26. The Labute approximate surface area is 91.6 Å². The summed E-state index contributed by atoms with van der Waals surface area (Å²) >= 11 is 0. The molecule has 1 N–H and O–H groups in total. The van der Waals surface area contributed by atoms with E-state index in [1.807, 2.05) is 0 Å². The van der Waals surface area contributed by atoms with Crippen LogP contribution in [-0.4, -0.2) is 20.6 Å². The third kappa shape index (κ3) is 2.16. The largest absolute Gasteiger partial charge is 0.483 e. The molecule has 0 saturated heterocycles. The Bertz CT molecular complexity index is 472. The van der Waals surface area contributed by atoms with Crippen molar-refractivity contribution >= 4 is 0 Å². The summed E-state index contributed by atoms with van der Waals surface area (Å²) in [6.07, 6.45) is -0.350. The molecule has 0 bridgehead atoms. The quantitative estimate of drug-likeness (QED) is 0.859. The lowest BCUT2D eigenvalue weighted by atomic mass is 10.2. The zero-order valence-electron chi connectivity index (χ0n) is 8.94. The lowest BCUT2D eigenvalue weighted by molar-refractivity contribution is 0.215. The first-order valence-electron chi connectivity index (χ1n) is 4.83. The van der Waals surface area contributed by atoms with E-state index in [1.54, 1.807) is 26.0 Å². The van der Waals surface area contributed by atoms with Gasteiger partial charge in [0.05, 0.1) is 0 Å². The van der Waals surface area contributed by atoms with E-state index in [4.69, 9.17) is 4.74 Å². The van der Waals surface area contributed by atoms with Crippen LogP contribution in [0.4, 0.5) is 4.39 Å². The first kappa shape index (κ1) is 10.5. The van der Waals surface area contributed by atoms with Crippen molar-refractivity contribution in [1.29, 1.82) is 0 Å². The Morgan fingerprint density at radius 3 is 2.88 bits per heavy atom. The zero-order chi connectivity index (χ0) is 11.5. The van der Waals surface area contributed by atoms with Crippen LogP contribution in [0.15, 0.2) is 18.2 Å². The second-order valence-corrected chi connectivity index (χ2v) is 3.46. The van der Waals surface area contributed by atoms with Crippen LogP contribution in [0.1, 0.15) is 24.4 Å². The third-order valence-electron chi connectivity index (χ3n) is 2.20. The van der Waals surface area contributed by atoms with Gasteiger partial charge < -0.3 is 4.74 Å². The fourth-order valence-corrected chi connectivity index (χ4v) is 1.25. The van der Waals surface area contributed by atoms with E-state index in [2.05, 4.69) is 20.6 Å². The summed E-state index contributed by atoms with van der Waals surface area (Å²) in [4.78, 5) is 0. The van der Waals surface area contributed by atoms with Crippen LogP contribution in [0.3, 0.4) is 0 Å². The number of aromatic amines is 1. The lowest BCUT2D eigenvalue weighted by Gasteiger charge is -2.11. The van der Waals surface area contributed by atoms with Gasteiger partial charge in [-0.15, -0.1) is 5.10 Å². The molecule has 0 radical (unpaired) electrons. The Hall–Kier alpha value is -1.98. The Morgan fingerprint density at radius 2 is 2.25 bits per heavy atom. The molecular formula is C10H11FN4O. The van der Waals surface area contributed by atoms with E-state index in [0.717, 1.165) is 0 Å². The smallest absolute Gasteiger partial charge is 0.189 e. The highest BCUT2D eigenvalue weighted by molar-refractivity contribution is 5.28. The molecule has 5 nitrogen and oxygen atoms in total. The van der Waals surface area contributed by atoms with Crippen molar-refractivity contribution in [3.63, 3.8) is 0 Å². The Morgan fingerprint density at radius 1 is 1.44 bits per heavy atom. The molecule has 1 aromatic heterocycles. The van der Waals surface area contributed by atoms with Crippen LogP contribution in [-0.2, 0) is 0 Å². The number of nitrogens with zero attached hydrogens (tertiary/aromatic N) is 3. The molecule has 2 aromatic rings. The van der Waals surface area contributed by atoms with E-state index in [0.29, 0.717) is 17.1 Å². The van der Waals surface area contributed by atoms with Crippen LogP contribution in [0, 0.1) is 12.7 Å². The predicted octanol–water partition coefficient (Wildman–Crippen LogP) is 1.79. The topological polar surface area (TPSA) is 63.7 Å². The fraction of sp³-hybridized carbons (Fsp3) is 0.300. The minimum Gasteiger partial charge on any atom is -0.483 e. The van der Waals surface area contributed by atoms with Crippen molar-refractivity contribution in [3.05, 3.63) is 35.4 Å². The van der Waals surface area contributed by atoms with Crippen molar-refractivity contribution in [2.45, 2.75) is 20.0 Å². The number of aromatic nitrogens is 4. The van der Waals surface area contributed by atoms with Crippen molar-refractivity contribution in [2.75, 3.05) is 0 Å². The highest BCUT2D eigenvalue weighted by atomic mass is 19.1. The summed E-state index contributed by atoms with van der Waals surface area (Å²) in [5.74, 6) is 0.661. The first-order valence-corrected chi connectivity index (χ1v) is 4.83. The monoisotopic (exact) mass is 222 g/mol. The minimum absolute atomic E-state index is 0.291. The summed E-state index contributed by atoms with van der Waals surface area (Å²) in [5, 5.41) is 13.2. The van der Waals surface area contributed by atoms with Gasteiger partial charge in [0.15, 0.2) is 11.9 Å². The number of rotatable bonds is 3. The zero-order valence-corrected chi connectivity index (χ0v) is 8.94. The molecule has 6 heteroatoms. The van der Waals surface area contributed by atoms with E-state index < -0.39 is 0 Å². The maximum absolute atomic E-state index is 13.2. The lowest BCUT2D eigenvalue weighted by Crippen LogP contribution is -2.05. The first-order chi connectivity index (χ1) is 7.66. The molecule has 1 aromatic carbocycles. The second-order valence-electron chi connectivity index (χ2n) is 3.46. The van der Waals surface area contributed by atoms with E-state index in [-0.39, 0.29) is 11.9 Å². The van der Waals surface area contributed by atoms with Gasteiger partial charge in [-0.25, -0.2) is 9.49 Å². The van der Waals surface area contributed by atoms with Gasteiger partial charge in [0.1, 0.15) is 11.6 Å². The molecule has 1 atom stereocenters. The highest BCUT2D eigenvalue weighted by Crippen LogP contribution is 2.21. The van der Waals surface area contributed by atoms with Gasteiger partial charge in [-0.3, -0.25) is 0 Å². The van der Waals surface area contributed by atoms with Crippen LogP contribution < -0.4 is 4.74 Å². The highest BCUT2D eigenvalue weighted by Gasteiger charge is 2.11. The average Bonchev–Trinajstić information content (AvgIpc) is 2.77. The van der Waals surface area contributed by atoms with Gasteiger partial charge in [-0.2, -0.15) is 0 Å². The van der Waals surface area contributed by atoms with Crippen molar-refractivity contribution in [3.8, 4) is 5.75 Å². The van der Waals surface area contributed by atoms with Crippen LogP contribution in [0.5, 0.6) is 5.75 Å². The molecule has 0 fully saturated rings. The summed E-state index contributed by atoms with van der Waals surface area (Å²) in [6, 6.07) is 4.71. The molecule has 0 spiro atoms. The molecule has 0 aliphatic heterocycles. The maximum Gasteiger partial charge on any atom is 0.189 e. The van der Waals surface area contributed by atoms with E-state index in [1.165, 1.54) is 6.07 Å². The van der Waals surface area contributed by atoms with E-state index >= 15 is 0 Å². The van der Waals surface area contributed by atoms with E-state index in [9.17, 15) is 4.39 Å². The number of nitrogens with one attached hydrogen (secondary N) is 1. The molecule has 2 rings (SSSR count). The van der Waals surface area contributed by atoms with Gasteiger partial charge in [-0.1, -0.05) is 6.07 Å². The Balaban J connectivity index is 2.12. The number of tetrazole rings is 1. The molecule has 0 unspecified atom stereocenters. The molecule has 0 saturated carbocycles. The number of benzene rings is 1. The summed E-state index contributed by atoms with van der Waals surface area (Å²) in [5.41, 5.74) is 0.585. The van der Waals surface area contributed by atoms with Crippen molar-refractivity contribution < 1.29 is 9.13 Å². The summed E-state index contributed by atoms with van der Waals surface area (Å²) in [7, 11) is 0. The number of hydrogen-bond donors (Lipinski definition) is 1. The molecule has 0 aliphatic carbocycles. The van der Waals surface area contributed by atoms with Gasteiger partial charge in [0, 0.05) is 6.07 Å². The Kier molecular flexibility index (Phi) is 2.80. The predicted molar refractivity (Wildman–Crippen MR) is 54.4 cm³/mol. The number of halogens is 1. The SMILES string of the molecule is Cc1ccc(O[C@H](C)c2nnn[nH]2)cc1F. The maximum atomic E-state index is 13.2. The summed E-state index contributed by atoms with van der Waals surface area (Å²) < 4.78 is 18.7. The summed E-state index contributed by atoms with van der Waals surface area (Å²) in [6.45, 7) is 3.48. The standard InChI is InChI=1S/C10H11FN4O/c1-6-3-4-8(5-9(6)11)16-7(2)10-12-14-15-13-10/h3-5,7H,1-2H3,(H,12,13,14,15)/t7-/m1/s1. The number of ether oxygens (including phenoxy) is 1. The average molecular weight is 222 g/mol. The molecule has 0 amide bonds. The molecule has 84 valence electrons. The van der Waals surface area contributed by atoms with Crippen LogP contribution in [0.2, 0.25) is 0 Å².